The lowest BCUT2D eigenvalue weighted by atomic mass is 9.68. The van der Waals surface area contributed by atoms with Gasteiger partial charge < -0.3 is 11.5 Å². The van der Waals surface area contributed by atoms with Gasteiger partial charge in [0.25, 0.3) is 0 Å². The Bertz CT molecular complexity index is 708. The van der Waals surface area contributed by atoms with Crippen molar-refractivity contribution < 1.29 is 4.39 Å². The Hall–Kier alpha value is -2.13. The number of hydrogen-bond acceptors (Lipinski definition) is 4. The van der Waals surface area contributed by atoms with E-state index in [1.807, 2.05) is 13.2 Å². The third kappa shape index (κ3) is 3.30. The highest BCUT2D eigenvalue weighted by Gasteiger charge is 2.42. The molecular weight excluding hydrogens is 293 g/mol. The molecule has 1 aromatic rings. The van der Waals surface area contributed by atoms with Gasteiger partial charge in [-0.15, -0.1) is 0 Å². The fraction of sp³-hybridized carbons (Fsp3) is 0.529. The van der Waals surface area contributed by atoms with Gasteiger partial charge in [0, 0.05) is 31.4 Å². The monoisotopic (exact) mass is 315 g/mol. The summed E-state index contributed by atoms with van der Waals surface area (Å²) >= 11 is 0. The maximum absolute atomic E-state index is 13.9. The van der Waals surface area contributed by atoms with Crippen molar-refractivity contribution in [3.05, 3.63) is 29.7 Å². The average Bonchev–Trinajstić information content (AvgIpc) is 2.92. The van der Waals surface area contributed by atoms with Crippen LogP contribution in [0.2, 0.25) is 0 Å². The topological polar surface area (TPSA) is 82.2 Å². The van der Waals surface area contributed by atoms with E-state index in [0.717, 1.165) is 24.0 Å². The van der Waals surface area contributed by atoms with E-state index in [2.05, 4.69) is 21.9 Å². The van der Waals surface area contributed by atoms with E-state index in [9.17, 15) is 4.39 Å². The Balaban J connectivity index is 1.90. The molecule has 0 saturated heterocycles. The first kappa shape index (κ1) is 15.8. The number of hydrogen-bond donors (Lipinski definition) is 2. The van der Waals surface area contributed by atoms with Crippen LogP contribution in [0.5, 0.6) is 0 Å². The molecule has 4 N–H and O–H groups in total. The third-order valence-electron chi connectivity index (χ3n) is 4.72. The van der Waals surface area contributed by atoms with Gasteiger partial charge in [0.2, 0.25) is 0 Å². The number of aryl methyl sites for hydroxylation is 1. The predicted molar refractivity (Wildman–Crippen MR) is 88.2 cm³/mol. The molecule has 0 amide bonds. The molecule has 1 aromatic heterocycles. The van der Waals surface area contributed by atoms with Crippen LogP contribution in [0.4, 0.5) is 4.39 Å². The number of amidine groups is 1. The molecule has 1 saturated carbocycles. The summed E-state index contributed by atoms with van der Waals surface area (Å²) in [6.07, 6.45) is 7.66. The van der Waals surface area contributed by atoms with Gasteiger partial charge in [0.15, 0.2) is 0 Å². The molecule has 3 unspecified atom stereocenters. The van der Waals surface area contributed by atoms with E-state index in [-0.39, 0.29) is 5.92 Å². The van der Waals surface area contributed by atoms with Crippen molar-refractivity contribution in [3.8, 4) is 11.8 Å². The van der Waals surface area contributed by atoms with E-state index in [4.69, 9.17) is 11.5 Å². The molecule has 5 nitrogen and oxygen atoms in total. The highest BCUT2D eigenvalue weighted by atomic mass is 19.1. The van der Waals surface area contributed by atoms with Gasteiger partial charge in [-0.25, -0.2) is 9.38 Å². The van der Waals surface area contributed by atoms with E-state index in [1.165, 1.54) is 0 Å². The van der Waals surface area contributed by atoms with Crippen LogP contribution in [0, 0.1) is 17.8 Å². The number of nitrogens with two attached hydrogens (primary N) is 2. The lowest BCUT2D eigenvalue weighted by Crippen LogP contribution is -2.54. The van der Waals surface area contributed by atoms with Crippen LogP contribution in [0.15, 0.2) is 29.2 Å². The second kappa shape index (κ2) is 6.17. The van der Waals surface area contributed by atoms with Crippen LogP contribution in [-0.2, 0) is 7.05 Å². The summed E-state index contributed by atoms with van der Waals surface area (Å²) in [5.74, 6) is 6.72. The van der Waals surface area contributed by atoms with E-state index in [1.54, 1.807) is 17.1 Å². The lowest BCUT2D eigenvalue weighted by molar-refractivity contribution is 0.153. The zero-order valence-electron chi connectivity index (χ0n) is 13.3. The van der Waals surface area contributed by atoms with Gasteiger partial charge in [-0.3, -0.25) is 4.68 Å². The number of aromatic nitrogens is 2. The smallest absolute Gasteiger partial charge is 0.101 e. The quantitative estimate of drug-likeness (QED) is 0.773. The Kier molecular flexibility index (Phi) is 4.22. The van der Waals surface area contributed by atoms with E-state index >= 15 is 0 Å². The minimum Gasteiger partial charge on any atom is -0.387 e. The van der Waals surface area contributed by atoms with Crippen molar-refractivity contribution in [1.29, 1.82) is 0 Å². The second-order valence-electron chi connectivity index (χ2n) is 6.49. The van der Waals surface area contributed by atoms with Crippen LogP contribution in [0.1, 0.15) is 37.7 Å². The van der Waals surface area contributed by atoms with E-state index in [0.29, 0.717) is 25.1 Å². The molecule has 122 valence electrons. The largest absolute Gasteiger partial charge is 0.387 e. The minimum atomic E-state index is -0.790. The van der Waals surface area contributed by atoms with Crippen molar-refractivity contribution >= 4 is 5.84 Å². The van der Waals surface area contributed by atoms with Crippen LogP contribution in [0.3, 0.4) is 0 Å². The molecule has 3 atom stereocenters. The first-order valence-electron chi connectivity index (χ1n) is 7.94. The van der Waals surface area contributed by atoms with Crippen molar-refractivity contribution in [2.75, 3.05) is 0 Å². The lowest BCUT2D eigenvalue weighted by Gasteiger charge is -2.41. The standard InChI is InChI=1S/C17H22FN5/c1-23-11-12(9-22-23)5-6-14-10-21-16(19)8-17(14,20)13-3-2-4-15(18)7-13/h9-11,13,15H,2-4,7-8,20H2,1H3,(H2,19,21). The summed E-state index contributed by atoms with van der Waals surface area (Å²) in [7, 11) is 1.84. The van der Waals surface area contributed by atoms with Gasteiger partial charge >= 0.3 is 0 Å². The SMILES string of the molecule is Cn1cc(C#CC2=CN=C(N)CC2(N)C2CCCC(F)C2)cn1. The zero-order valence-corrected chi connectivity index (χ0v) is 13.3. The fourth-order valence-corrected chi connectivity index (χ4v) is 3.44. The Morgan fingerprint density at radius 3 is 2.91 bits per heavy atom. The van der Waals surface area contributed by atoms with Crippen molar-refractivity contribution in [3.63, 3.8) is 0 Å². The Morgan fingerprint density at radius 1 is 1.39 bits per heavy atom. The summed E-state index contributed by atoms with van der Waals surface area (Å²) < 4.78 is 15.5. The maximum Gasteiger partial charge on any atom is 0.101 e. The van der Waals surface area contributed by atoms with Gasteiger partial charge in [0.05, 0.1) is 17.3 Å². The van der Waals surface area contributed by atoms with Crippen molar-refractivity contribution in [2.45, 2.75) is 43.8 Å². The molecule has 23 heavy (non-hydrogen) atoms. The highest BCUT2D eigenvalue weighted by molar-refractivity contribution is 5.84. The molecule has 2 heterocycles. The number of rotatable bonds is 1. The summed E-state index contributed by atoms with van der Waals surface area (Å²) in [6, 6.07) is 0. The van der Waals surface area contributed by atoms with Gasteiger partial charge in [-0.05, 0) is 25.2 Å². The molecule has 6 heteroatoms. The van der Waals surface area contributed by atoms with Gasteiger partial charge in [-0.2, -0.15) is 5.10 Å². The Labute approximate surface area is 135 Å². The minimum absolute atomic E-state index is 0.0368. The number of alkyl halides is 1. The van der Waals surface area contributed by atoms with Crippen LogP contribution < -0.4 is 11.5 Å². The molecule has 1 aliphatic heterocycles. The normalized spacial score (nSPS) is 30.9. The fourth-order valence-electron chi connectivity index (χ4n) is 3.44. The molecule has 0 radical (unpaired) electrons. The highest BCUT2D eigenvalue weighted by Crippen LogP contribution is 2.39. The van der Waals surface area contributed by atoms with Crippen LogP contribution in [0.25, 0.3) is 0 Å². The molecule has 0 spiro atoms. The molecule has 2 aliphatic rings. The molecule has 1 aliphatic carbocycles. The summed E-state index contributed by atoms with van der Waals surface area (Å²) in [5, 5.41) is 4.09. The molecular formula is C17H22FN5. The van der Waals surface area contributed by atoms with Gasteiger partial charge in [-0.1, -0.05) is 18.3 Å². The Morgan fingerprint density at radius 2 is 2.22 bits per heavy atom. The van der Waals surface area contributed by atoms with Crippen molar-refractivity contribution in [2.24, 2.45) is 29.4 Å². The summed E-state index contributed by atoms with van der Waals surface area (Å²) in [6.45, 7) is 0. The third-order valence-corrected chi connectivity index (χ3v) is 4.72. The molecule has 1 fully saturated rings. The van der Waals surface area contributed by atoms with Crippen LogP contribution in [-0.4, -0.2) is 27.3 Å². The number of nitrogens with zero attached hydrogens (tertiary/aromatic N) is 3. The number of halogens is 1. The average molecular weight is 315 g/mol. The molecule has 0 bridgehead atoms. The predicted octanol–water partition coefficient (Wildman–Crippen LogP) is 1.64. The summed E-state index contributed by atoms with van der Waals surface area (Å²) in [5.41, 5.74) is 13.4. The van der Waals surface area contributed by atoms with E-state index < -0.39 is 11.7 Å². The molecule has 3 rings (SSSR count). The molecule has 0 aromatic carbocycles. The van der Waals surface area contributed by atoms with Crippen LogP contribution >= 0.6 is 0 Å². The maximum atomic E-state index is 13.9. The van der Waals surface area contributed by atoms with Crippen molar-refractivity contribution in [1.82, 2.24) is 9.78 Å². The first-order valence-corrected chi connectivity index (χ1v) is 7.94. The second-order valence-corrected chi connectivity index (χ2v) is 6.49. The summed E-state index contributed by atoms with van der Waals surface area (Å²) in [4.78, 5) is 4.17. The zero-order chi connectivity index (χ0) is 16.4. The first-order chi connectivity index (χ1) is 11.0. The number of aliphatic imine (C=N–C) groups is 1. The van der Waals surface area contributed by atoms with Gasteiger partial charge in [0.1, 0.15) is 12.0 Å².